The Bertz CT molecular complexity index is 1070. The maximum absolute atomic E-state index is 12.8. The van der Waals surface area contributed by atoms with Gasteiger partial charge in [0.25, 0.3) is 5.91 Å². The molecule has 4 rings (SSSR count). The Morgan fingerprint density at radius 3 is 2.34 bits per heavy atom. The Balaban J connectivity index is 1.25. The average molecular weight is 446 g/mol. The van der Waals surface area contributed by atoms with Crippen molar-refractivity contribution in [2.75, 3.05) is 38.0 Å². The van der Waals surface area contributed by atoms with Gasteiger partial charge in [-0.2, -0.15) is 0 Å². The van der Waals surface area contributed by atoms with Crippen LogP contribution in [-0.2, 0) is 4.79 Å². The van der Waals surface area contributed by atoms with Crippen molar-refractivity contribution in [3.05, 3.63) is 60.3 Å². The van der Waals surface area contributed by atoms with Crippen LogP contribution in [0.1, 0.15) is 10.5 Å². The van der Waals surface area contributed by atoms with Gasteiger partial charge in [-0.3, -0.25) is 14.5 Å². The largest absolute Gasteiger partial charge is 0.573 e. The number of hydrogen-bond donors (Lipinski definition) is 2. The van der Waals surface area contributed by atoms with E-state index in [0.717, 1.165) is 23.0 Å². The molecule has 2 N–H and O–H groups in total. The fourth-order valence-electron chi connectivity index (χ4n) is 3.61. The zero-order valence-corrected chi connectivity index (χ0v) is 17.0. The zero-order chi connectivity index (χ0) is 22.7. The highest BCUT2D eigenvalue weighted by molar-refractivity contribution is 5.98. The lowest BCUT2D eigenvalue weighted by Gasteiger charge is -2.34. The van der Waals surface area contributed by atoms with Crippen molar-refractivity contribution >= 4 is 28.4 Å². The summed E-state index contributed by atoms with van der Waals surface area (Å²) >= 11 is 0. The van der Waals surface area contributed by atoms with Gasteiger partial charge in [0.15, 0.2) is 0 Å². The maximum Gasteiger partial charge on any atom is 0.573 e. The number of ether oxygens (including phenoxy) is 1. The normalized spacial score (nSPS) is 15.0. The second-order valence-corrected chi connectivity index (χ2v) is 7.46. The molecule has 2 aromatic carbocycles. The highest BCUT2D eigenvalue weighted by atomic mass is 19.4. The Kier molecular flexibility index (Phi) is 6.04. The van der Waals surface area contributed by atoms with Gasteiger partial charge < -0.3 is 19.9 Å². The molecule has 7 nitrogen and oxygen atoms in total. The first-order valence-corrected chi connectivity index (χ1v) is 10.0. The SMILES string of the molecule is O=C(CN1CCN(C(=O)c2cc3ccccc3[nH]2)CC1)Nc1ccc(OC(F)(F)F)cc1. The van der Waals surface area contributed by atoms with Crippen molar-refractivity contribution in [3.8, 4) is 5.75 Å². The Morgan fingerprint density at radius 2 is 1.69 bits per heavy atom. The summed E-state index contributed by atoms with van der Waals surface area (Å²) in [7, 11) is 0. The number of aromatic nitrogens is 1. The van der Waals surface area contributed by atoms with E-state index in [1.165, 1.54) is 12.1 Å². The number of nitrogens with one attached hydrogen (secondary N) is 2. The van der Waals surface area contributed by atoms with Gasteiger partial charge in [-0.05, 0) is 36.4 Å². The minimum atomic E-state index is -4.76. The van der Waals surface area contributed by atoms with Crippen molar-refractivity contribution in [2.24, 2.45) is 0 Å². The predicted molar refractivity (Wildman–Crippen MR) is 112 cm³/mol. The number of rotatable bonds is 5. The molecule has 0 saturated carbocycles. The van der Waals surface area contributed by atoms with E-state index in [0.29, 0.717) is 37.6 Å². The molecule has 0 bridgehead atoms. The third kappa shape index (κ3) is 5.38. The molecule has 1 aliphatic heterocycles. The fourth-order valence-corrected chi connectivity index (χ4v) is 3.61. The Hall–Kier alpha value is -3.53. The highest BCUT2D eigenvalue weighted by Crippen LogP contribution is 2.24. The molecule has 168 valence electrons. The summed E-state index contributed by atoms with van der Waals surface area (Å²) in [6, 6.07) is 14.5. The van der Waals surface area contributed by atoms with E-state index < -0.39 is 6.36 Å². The molecule has 0 atom stereocenters. The minimum absolute atomic E-state index is 0.0773. The van der Waals surface area contributed by atoms with E-state index in [-0.39, 0.29) is 24.1 Å². The van der Waals surface area contributed by atoms with Gasteiger partial charge in [0.1, 0.15) is 11.4 Å². The summed E-state index contributed by atoms with van der Waals surface area (Å²) in [5.74, 6) is -0.720. The first-order valence-electron chi connectivity index (χ1n) is 10.0. The van der Waals surface area contributed by atoms with Gasteiger partial charge in [0, 0.05) is 42.8 Å². The molecule has 1 aliphatic rings. The van der Waals surface area contributed by atoms with Crippen molar-refractivity contribution in [1.29, 1.82) is 0 Å². The molecule has 1 aromatic heterocycles. The van der Waals surface area contributed by atoms with Crippen LogP contribution >= 0.6 is 0 Å². The number of amides is 2. The van der Waals surface area contributed by atoms with E-state index in [1.807, 2.05) is 35.2 Å². The smallest absolute Gasteiger partial charge is 0.406 e. The molecule has 0 spiro atoms. The monoisotopic (exact) mass is 446 g/mol. The number of H-pyrrole nitrogens is 1. The molecule has 2 heterocycles. The number of halogens is 3. The standard InChI is InChI=1S/C22H21F3N4O3/c23-22(24,25)32-17-7-5-16(6-8-17)26-20(30)14-28-9-11-29(12-10-28)21(31)19-13-15-3-1-2-4-18(15)27-19/h1-8,13,27H,9-12,14H2,(H,26,30). The molecule has 0 radical (unpaired) electrons. The Labute approximate surface area is 181 Å². The van der Waals surface area contributed by atoms with Crippen LogP contribution in [0.25, 0.3) is 10.9 Å². The van der Waals surface area contributed by atoms with Gasteiger partial charge in [0.05, 0.1) is 6.54 Å². The molecule has 10 heteroatoms. The Morgan fingerprint density at radius 1 is 1.00 bits per heavy atom. The quantitative estimate of drug-likeness (QED) is 0.629. The molecule has 0 aliphatic carbocycles. The first kappa shape index (κ1) is 21.7. The number of carbonyl (C=O) groups is 2. The van der Waals surface area contributed by atoms with Crippen LogP contribution in [-0.4, -0.2) is 65.7 Å². The maximum atomic E-state index is 12.8. The number of fused-ring (bicyclic) bond motifs is 1. The van der Waals surface area contributed by atoms with Crippen LogP contribution in [0, 0.1) is 0 Å². The van der Waals surface area contributed by atoms with Crippen molar-refractivity contribution < 1.29 is 27.5 Å². The molecule has 2 amide bonds. The fraction of sp³-hybridized carbons (Fsp3) is 0.273. The number of carbonyl (C=O) groups excluding carboxylic acids is 2. The zero-order valence-electron chi connectivity index (χ0n) is 17.0. The van der Waals surface area contributed by atoms with Gasteiger partial charge in [-0.1, -0.05) is 18.2 Å². The van der Waals surface area contributed by atoms with E-state index in [2.05, 4.69) is 15.0 Å². The highest BCUT2D eigenvalue weighted by Gasteiger charge is 2.31. The van der Waals surface area contributed by atoms with Gasteiger partial charge in [-0.25, -0.2) is 0 Å². The summed E-state index contributed by atoms with van der Waals surface area (Å²) in [6.07, 6.45) is -4.76. The summed E-state index contributed by atoms with van der Waals surface area (Å²) in [5, 5.41) is 3.63. The van der Waals surface area contributed by atoms with E-state index >= 15 is 0 Å². The van der Waals surface area contributed by atoms with Crippen LogP contribution in [0.5, 0.6) is 5.75 Å². The average Bonchev–Trinajstić information content (AvgIpc) is 3.18. The number of hydrogen-bond acceptors (Lipinski definition) is 4. The number of para-hydroxylation sites is 1. The lowest BCUT2D eigenvalue weighted by atomic mass is 10.2. The molecular weight excluding hydrogens is 425 g/mol. The summed E-state index contributed by atoms with van der Waals surface area (Å²) < 4.78 is 40.4. The van der Waals surface area contributed by atoms with Gasteiger partial charge >= 0.3 is 6.36 Å². The number of aromatic amines is 1. The van der Waals surface area contributed by atoms with Crippen LogP contribution in [0.4, 0.5) is 18.9 Å². The van der Waals surface area contributed by atoms with Crippen molar-refractivity contribution in [3.63, 3.8) is 0 Å². The van der Waals surface area contributed by atoms with Gasteiger partial charge in [-0.15, -0.1) is 13.2 Å². The molecule has 1 fully saturated rings. The van der Waals surface area contributed by atoms with Crippen LogP contribution in [0.3, 0.4) is 0 Å². The number of anilines is 1. The predicted octanol–water partition coefficient (Wildman–Crippen LogP) is 3.46. The van der Waals surface area contributed by atoms with E-state index in [1.54, 1.807) is 4.90 Å². The van der Waals surface area contributed by atoms with E-state index in [4.69, 9.17) is 0 Å². The van der Waals surface area contributed by atoms with Crippen LogP contribution < -0.4 is 10.1 Å². The minimum Gasteiger partial charge on any atom is -0.406 e. The molecule has 0 unspecified atom stereocenters. The van der Waals surface area contributed by atoms with Crippen LogP contribution in [0.2, 0.25) is 0 Å². The number of benzene rings is 2. The summed E-state index contributed by atoms with van der Waals surface area (Å²) in [4.78, 5) is 31.9. The topological polar surface area (TPSA) is 77.7 Å². The third-order valence-electron chi connectivity index (χ3n) is 5.16. The lowest BCUT2D eigenvalue weighted by Crippen LogP contribution is -2.50. The molecule has 1 saturated heterocycles. The van der Waals surface area contributed by atoms with Crippen molar-refractivity contribution in [1.82, 2.24) is 14.8 Å². The second-order valence-electron chi connectivity index (χ2n) is 7.46. The number of piperazine rings is 1. The second kappa shape index (κ2) is 8.91. The lowest BCUT2D eigenvalue weighted by molar-refractivity contribution is -0.274. The van der Waals surface area contributed by atoms with E-state index in [9.17, 15) is 22.8 Å². The third-order valence-corrected chi connectivity index (χ3v) is 5.16. The molecule has 3 aromatic rings. The van der Waals surface area contributed by atoms with Crippen LogP contribution in [0.15, 0.2) is 54.6 Å². The van der Waals surface area contributed by atoms with Crippen molar-refractivity contribution in [2.45, 2.75) is 6.36 Å². The number of nitrogens with zero attached hydrogens (tertiary/aromatic N) is 2. The molecule has 32 heavy (non-hydrogen) atoms. The summed E-state index contributed by atoms with van der Waals surface area (Å²) in [5.41, 5.74) is 1.82. The first-order chi connectivity index (χ1) is 15.3. The number of alkyl halides is 3. The molecular formula is C22H21F3N4O3. The van der Waals surface area contributed by atoms with Gasteiger partial charge in [0.2, 0.25) is 5.91 Å². The summed E-state index contributed by atoms with van der Waals surface area (Å²) in [6.45, 7) is 2.18.